The van der Waals surface area contributed by atoms with E-state index in [4.69, 9.17) is 0 Å². The average Bonchev–Trinajstić information content (AvgIpc) is 3.00. The highest BCUT2D eigenvalue weighted by Gasteiger charge is 2.52. The summed E-state index contributed by atoms with van der Waals surface area (Å²) in [5.41, 5.74) is 0.499. The number of nitrogens with zero attached hydrogens (tertiary/aromatic N) is 3. The molecule has 28 heavy (non-hydrogen) atoms. The summed E-state index contributed by atoms with van der Waals surface area (Å²) in [4.78, 5) is 43.6. The van der Waals surface area contributed by atoms with Crippen LogP contribution in [0.4, 0.5) is 5.69 Å². The number of benzene rings is 1. The van der Waals surface area contributed by atoms with Crippen LogP contribution < -0.4 is 10.2 Å². The summed E-state index contributed by atoms with van der Waals surface area (Å²) in [6, 6.07) is 7.22. The van der Waals surface area contributed by atoms with E-state index in [0.29, 0.717) is 37.2 Å². The van der Waals surface area contributed by atoms with Crippen LogP contribution in [0.3, 0.4) is 0 Å². The highest BCUT2D eigenvalue weighted by Crippen LogP contribution is 2.43. The number of amides is 3. The van der Waals surface area contributed by atoms with E-state index < -0.39 is 5.66 Å². The molecular formula is C21H30N4O3. The lowest BCUT2D eigenvalue weighted by molar-refractivity contribution is -0.121. The number of likely N-dealkylation sites (N-methyl/N-ethyl adjacent to an activating group) is 1. The van der Waals surface area contributed by atoms with Crippen LogP contribution in [0.15, 0.2) is 24.3 Å². The van der Waals surface area contributed by atoms with Crippen molar-refractivity contribution in [3.8, 4) is 0 Å². The summed E-state index contributed by atoms with van der Waals surface area (Å²) in [6.45, 7) is 9.73. The third kappa shape index (κ3) is 3.63. The number of fused-ring (bicyclic) bond motifs is 3. The van der Waals surface area contributed by atoms with Gasteiger partial charge in [0.25, 0.3) is 5.91 Å². The van der Waals surface area contributed by atoms with E-state index in [1.54, 1.807) is 21.9 Å². The predicted octanol–water partition coefficient (Wildman–Crippen LogP) is 1.83. The molecule has 1 saturated heterocycles. The molecule has 1 fully saturated rings. The van der Waals surface area contributed by atoms with Gasteiger partial charge in [-0.1, -0.05) is 26.0 Å². The van der Waals surface area contributed by atoms with Crippen LogP contribution in [-0.4, -0.2) is 65.9 Å². The van der Waals surface area contributed by atoms with Gasteiger partial charge in [-0.2, -0.15) is 0 Å². The van der Waals surface area contributed by atoms with Crippen molar-refractivity contribution in [1.82, 2.24) is 15.1 Å². The first-order chi connectivity index (χ1) is 13.4. The minimum atomic E-state index is -0.704. The molecule has 0 aliphatic carbocycles. The molecule has 0 bridgehead atoms. The molecule has 7 nitrogen and oxygen atoms in total. The molecule has 0 aromatic heterocycles. The molecular weight excluding hydrogens is 356 g/mol. The largest absolute Gasteiger partial charge is 0.355 e. The highest BCUT2D eigenvalue weighted by atomic mass is 16.2. The summed E-state index contributed by atoms with van der Waals surface area (Å²) in [6.07, 6.45) is 1.21. The SMILES string of the molecule is CCN(CC)CCNC(=O)CCN1C(=O)c2ccccc2N2C(=O)CCC12C. The zero-order valence-corrected chi connectivity index (χ0v) is 17.0. The van der Waals surface area contributed by atoms with Crippen molar-refractivity contribution in [2.24, 2.45) is 0 Å². The maximum atomic E-state index is 13.1. The van der Waals surface area contributed by atoms with Crippen LogP contribution in [0.1, 0.15) is 50.4 Å². The Morgan fingerprint density at radius 1 is 1.21 bits per heavy atom. The second kappa shape index (κ2) is 8.31. The lowest BCUT2D eigenvalue weighted by Crippen LogP contribution is -2.62. The van der Waals surface area contributed by atoms with Crippen LogP contribution in [0.2, 0.25) is 0 Å². The molecule has 1 N–H and O–H groups in total. The van der Waals surface area contributed by atoms with Crippen molar-refractivity contribution >= 4 is 23.4 Å². The maximum Gasteiger partial charge on any atom is 0.257 e. The fourth-order valence-corrected chi connectivity index (χ4v) is 4.24. The zero-order valence-electron chi connectivity index (χ0n) is 17.0. The van der Waals surface area contributed by atoms with Gasteiger partial charge < -0.3 is 15.1 Å². The quantitative estimate of drug-likeness (QED) is 0.740. The number of nitrogens with one attached hydrogen (secondary N) is 1. The zero-order chi connectivity index (χ0) is 20.3. The molecule has 7 heteroatoms. The van der Waals surface area contributed by atoms with Crippen molar-refractivity contribution in [1.29, 1.82) is 0 Å². The van der Waals surface area contributed by atoms with Gasteiger partial charge in [0, 0.05) is 32.5 Å². The Morgan fingerprint density at radius 2 is 1.93 bits per heavy atom. The summed E-state index contributed by atoms with van der Waals surface area (Å²) in [7, 11) is 0. The van der Waals surface area contributed by atoms with Crippen molar-refractivity contribution in [2.45, 2.75) is 45.7 Å². The number of para-hydroxylation sites is 1. The maximum absolute atomic E-state index is 13.1. The van der Waals surface area contributed by atoms with E-state index >= 15 is 0 Å². The van der Waals surface area contributed by atoms with E-state index in [-0.39, 0.29) is 24.1 Å². The first kappa shape index (κ1) is 20.3. The van der Waals surface area contributed by atoms with Crippen LogP contribution in [-0.2, 0) is 9.59 Å². The minimum Gasteiger partial charge on any atom is -0.355 e. The van der Waals surface area contributed by atoms with Crippen molar-refractivity contribution in [2.75, 3.05) is 37.6 Å². The van der Waals surface area contributed by atoms with Crippen molar-refractivity contribution < 1.29 is 14.4 Å². The number of rotatable bonds is 8. The molecule has 3 amide bonds. The van der Waals surface area contributed by atoms with Gasteiger partial charge in [-0.15, -0.1) is 0 Å². The number of hydrogen-bond donors (Lipinski definition) is 1. The van der Waals surface area contributed by atoms with Crippen LogP contribution in [0.25, 0.3) is 0 Å². The number of hydrogen-bond acceptors (Lipinski definition) is 4. The normalized spacial score (nSPS) is 21.1. The van der Waals surface area contributed by atoms with Gasteiger partial charge in [-0.05, 0) is 38.6 Å². The van der Waals surface area contributed by atoms with Crippen molar-refractivity contribution in [3.63, 3.8) is 0 Å². The second-order valence-electron chi connectivity index (χ2n) is 7.55. The van der Waals surface area contributed by atoms with E-state index in [0.717, 1.165) is 19.6 Å². The predicted molar refractivity (Wildman–Crippen MR) is 108 cm³/mol. The molecule has 1 aromatic rings. The van der Waals surface area contributed by atoms with Gasteiger partial charge in [0.05, 0.1) is 11.3 Å². The molecule has 3 rings (SSSR count). The van der Waals surface area contributed by atoms with E-state index in [1.807, 2.05) is 19.1 Å². The standard InChI is InChI=1S/C21H30N4O3/c1-4-23(5-2)15-13-22-18(26)11-14-24-20(28)16-8-6-7-9-17(16)25-19(27)10-12-21(24,25)3/h6-9H,4-5,10-15H2,1-3H3,(H,22,26). The van der Waals surface area contributed by atoms with E-state index in [1.165, 1.54) is 0 Å². The monoisotopic (exact) mass is 386 g/mol. The number of carbonyl (C=O) groups excluding carboxylic acids is 3. The third-order valence-corrected chi connectivity index (χ3v) is 5.95. The van der Waals surface area contributed by atoms with Crippen molar-refractivity contribution in [3.05, 3.63) is 29.8 Å². The Kier molecular flexibility index (Phi) is 6.03. The van der Waals surface area contributed by atoms with Gasteiger partial charge in [-0.25, -0.2) is 0 Å². The first-order valence-electron chi connectivity index (χ1n) is 10.2. The van der Waals surface area contributed by atoms with Crippen LogP contribution in [0.5, 0.6) is 0 Å². The van der Waals surface area contributed by atoms with Gasteiger partial charge >= 0.3 is 0 Å². The topological polar surface area (TPSA) is 73.0 Å². The van der Waals surface area contributed by atoms with Gasteiger partial charge in [0.1, 0.15) is 5.66 Å². The number of carbonyl (C=O) groups is 3. The molecule has 2 aliphatic heterocycles. The Hall–Kier alpha value is -2.41. The van der Waals surface area contributed by atoms with Gasteiger partial charge in [0.15, 0.2) is 0 Å². The summed E-state index contributed by atoms with van der Waals surface area (Å²) >= 11 is 0. The molecule has 0 spiro atoms. The smallest absolute Gasteiger partial charge is 0.257 e. The Labute approximate surface area is 166 Å². The Morgan fingerprint density at radius 3 is 2.64 bits per heavy atom. The summed E-state index contributed by atoms with van der Waals surface area (Å²) in [5.74, 6) is -0.158. The fraction of sp³-hybridized carbons (Fsp3) is 0.571. The first-order valence-corrected chi connectivity index (χ1v) is 10.2. The fourth-order valence-electron chi connectivity index (χ4n) is 4.24. The Balaban J connectivity index is 1.68. The lowest BCUT2D eigenvalue weighted by atomic mass is 9.98. The third-order valence-electron chi connectivity index (χ3n) is 5.95. The molecule has 1 atom stereocenters. The molecule has 1 unspecified atom stereocenters. The molecule has 1 aromatic carbocycles. The minimum absolute atomic E-state index is 0.0242. The lowest BCUT2D eigenvalue weighted by Gasteiger charge is -2.48. The van der Waals surface area contributed by atoms with Gasteiger partial charge in [0.2, 0.25) is 11.8 Å². The number of anilines is 1. The van der Waals surface area contributed by atoms with E-state index in [2.05, 4.69) is 24.1 Å². The molecule has 0 saturated carbocycles. The van der Waals surface area contributed by atoms with Gasteiger partial charge in [-0.3, -0.25) is 19.3 Å². The molecule has 152 valence electrons. The molecule has 0 radical (unpaired) electrons. The molecule has 2 heterocycles. The van der Waals surface area contributed by atoms with E-state index in [9.17, 15) is 14.4 Å². The Bertz CT molecular complexity index is 762. The second-order valence-corrected chi connectivity index (χ2v) is 7.55. The summed E-state index contributed by atoms with van der Waals surface area (Å²) in [5, 5.41) is 2.94. The van der Waals surface area contributed by atoms with Crippen LogP contribution >= 0.6 is 0 Å². The molecule has 2 aliphatic rings. The average molecular weight is 386 g/mol. The van der Waals surface area contributed by atoms with Crippen LogP contribution in [0, 0.1) is 0 Å². The highest BCUT2D eigenvalue weighted by molar-refractivity contribution is 6.10. The summed E-state index contributed by atoms with van der Waals surface area (Å²) < 4.78 is 0.